The predicted molar refractivity (Wildman–Crippen MR) is 59.5 cm³/mol. The minimum atomic E-state index is -0.254. The van der Waals surface area contributed by atoms with E-state index >= 15 is 0 Å². The standard InChI is InChI=1S/C11H17NOS/c1-8(13)7-12-11(9-4-5-9)10-3-2-6-14-10/h2-3,6,8-9,11-13H,4-5,7H2,1H3/t8-,11?/m1/s1. The van der Waals surface area contributed by atoms with Gasteiger partial charge in [0.2, 0.25) is 0 Å². The van der Waals surface area contributed by atoms with Crippen molar-refractivity contribution in [3.63, 3.8) is 0 Å². The van der Waals surface area contributed by atoms with Gasteiger partial charge in [-0.25, -0.2) is 0 Å². The molecule has 0 amide bonds. The van der Waals surface area contributed by atoms with Crippen LogP contribution in [-0.2, 0) is 0 Å². The van der Waals surface area contributed by atoms with Gasteiger partial charge in [-0.2, -0.15) is 0 Å². The number of rotatable bonds is 5. The van der Waals surface area contributed by atoms with E-state index in [1.54, 1.807) is 11.3 Å². The molecule has 0 aromatic carbocycles. The maximum absolute atomic E-state index is 9.24. The molecule has 0 saturated heterocycles. The highest BCUT2D eigenvalue weighted by Crippen LogP contribution is 2.42. The van der Waals surface area contributed by atoms with Gasteiger partial charge in [0.15, 0.2) is 0 Å². The molecule has 1 fully saturated rings. The van der Waals surface area contributed by atoms with Gasteiger partial charge in [-0.1, -0.05) is 6.07 Å². The van der Waals surface area contributed by atoms with Gasteiger partial charge < -0.3 is 10.4 Å². The normalized spacial score (nSPS) is 20.7. The van der Waals surface area contributed by atoms with Crippen LogP contribution in [0, 0.1) is 5.92 Å². The second-order valence-electron chi connectivity index (χ2n) is 4.09. The molecule has 1 saturated carbocycles. The van der Waals surface area contributed by atoms with Crippen LogP contribution in [0.2, 0.25) is 0 Å². The van der Waals surface area contributed by atoms with E-state index in [2.05, 4.69) is 22.8 Å². The molecular formula is C11H17NOS. The Kier molecular flexibility index (Phi) is 3.21. The third-order valence-corrected chi connectivity index (χ3v) is 3.53. The molecule has 1 unspecified atom stereocenters. The lowest BCUT2D eigenvalue weighted by atomic mass is 10.1. The fourth-order valence-electron chi connectivity index (χ4n) is 1.69. The van der Waals surface area contributed by atoms with Crippen LogP contribution < -0.4 is 5.32 Å². The van der Waals surface area contributed by atoms with Crippen molar-refractivity contribution in [2.75, 3.05) is 6.54 Å². The average Bonchev–Trinajstić information content (AvgIpc) is 2.81. The molecule has 0 radical (unpaired) electrons. The predicted octanol–water partition coefficient (Wildman–Crippen LogP) is 2.17. The zero-order chi connectivity index (χ0) is 9.97. The Balaban J connectivity index is 1.94. The monoisotopic (exact) mass is 211 g/mol. The molecule has 2 nitrogen and oxygen atoms in total. The first-order valence-corrected chi connectivity index (χ1v) is 6.10. The van der Waals surface area contributed by atoms with Crippen molar-refractivity contribution in [1.82, 2.24) is 5.32 Å². The lowest BCUT2D eigenvalue weighted by Gasteiger charge is -2.17. The number of aliphatic hydroxyl groups is 1. The van der Waals surface area contributed by atoms with Gasteiger partial charge in [-0.05, 0) is 37.1 Å². The quantitative estimate of drug-likeness (QED) is 0.782. The average molecular weight is 211 g/mol. The summed E-state index contributed by atoms with van der Waals surface area (Å²) in [7, 11) is 0. The Bertz CT molecular complexity index is 267. The van der Waals surface area contributed by atoms with Crippen molar-refractivity contribution >= 4 is 11.3 Å². The highest BCUT2D eigenvalue weighted by Gasteiger charge is 2.32. The highest BCUT2D eigenvalue weighted by atomic mass is 32.1. The van der Waals surface area contributed by atoms with Gasteiger partial charge in [0.1, 0.15) is 0 Å². The summed E-state index contributed by atoms with van der Waals surface area (Å²) >= 11 is 1.81. The van der Waals surface area contributed by atoms with Crippen molar-refractivity contribution in [3.8, 4) is 0 Å². The third kappa shape index (κ3) is 2.56. The maximum Gasteiger partial charge on any atom is 0.0636 e. The summed E-state index contributed by atoms with van der Waals surface area (Å²) in [5, 5.41) is 14.8. The SMILES string of the molecule is C[C@@H](O)CNC(c1cccs1)C1CC1. The Morgan fingerprint density at radius 2 is 2.43 bits per heavy atom. The van der Waals surface area contributed by atoms with Crippen molar-refractivity contribution < 1.29 is 5.11 Å². The zero-order valence-electron chi connectivity index (χ0n) is 8.44. The lowest BCUT2D eigenvalue weighted by molar-refractivity contribution is 0.184. The van der Waals surface area contributed by atoms with Crippen LogP contribution in [-0.4, -0.2) is 17.8 Å². The fourth-order valence-corrected chi connectivity index (χ4v) is 2.59. The number of hydrogen-bond acceptors (Lipinski definition) is 3. The van der Waals surface area contributed by atoms with Crippen LogP contribution in [0.5, 0.6) is 0 Å². The largest absolute Gasteiger partial charge is 0.392 e. The van der Waals surface area contributed by atoms with Gasteiger partial charge in [-0.3, -0.25) is 0 Å². The van der Waals surface area contributed by atoms with E-state index in [9.17, 15) is 5.11 Å². The van der Waals surface area contributed by atoms with Crippen molar-refractivity contribution in [2.45, 2.75) is 31.9 Å². The molecule has 3 heteroatoms. The molecule has 0 spiro atoms. The summed E-state index contributed by atoms with van der Waals surface area (Å²) in [5.74, 6) is 0.799. The van der Waals surface area contributed by atoms with Gasteiger partial charge in [-0.15, -0.1) is 11.3 Å². The molecule has 1 aromatic heterocycles. The van der Waals surface area contributed by atoms with Crippen molar-refractivity contribution in [2.24, 2.45) is 5.92 Å². The Morgan fingerprint density at radius 1 is 1.64 bits per heavy atom. The molecule has 1 heterocycles. The first kappa shape index (κ1) is 10.1. The second kappa shape index (κ2) is 4.43. The number of thiophene rings is 1. The van der Waals surface area contributed by atoms with E-state index < -0.39 is 0 Å². The van der Waals surface area contributed by atoms with Crippen LogP contribution >= 0.6 is 11.3 Å². The topological polar surface area (TPSA) is 32.3 Å². The molecule has 1 aromatic rings. The fraction of sp³-hybridized carbons (Fsp3) is 0.636. The van der Waals surface area contributed by atoms with E-state index in [-0.39, 0.29) is 6.10 Å². The van der Waals surface area contributed by atoms with E-state index in [4.69, 9.17) is 0 Å². The molecular weight excluding hydrogens is 194 g/mol. The minimum absolute atomic E-state index is 0.254. The van der Waals surface area contributed by atoms with E-state index in [0.29, 0.717) is 12.6 Å². The van der Waals surface area contributed by atoms with Crippen LogP contribution in [0.15, 0.2) is 17.5 Å². The van der Waals surface area contributed by atoms with E-state index in [0.717, 1.165) is 5.92 Å². The first-order chi connectivity index (χ1) is 6.77. The second-order valence-corrected chi connectivity index (χ2v) is 5.07. The van der Waals surface area contributed by atoms with Crippen LogP contribution in [0.3, 0.4) is 0 Å². The van der Waals surface area contributed by atoms with Crippen molar-refractivity contribution in [3.05, 3.63) is 22.4 Å². The molecule has 2 N–H and O–H groups in total. The molecule has 2 atom stereocenters. The van der Waals surface area contributed by atoms with Gasteiger partial charge in [0.05, 0.1) is 6.10 Å². The van der Waals surface area contributed by atoms with Gasteiger partial charge >= 0.3 is 0 Å². The summed E-state index contributed by atoms with van der Waals surface area (Å²) in [4.78, 5) is 1.41. The van der Waals surface area contributed by atoms with Gasteiger partial charge in [0, 0.05) is 17.5 Å². The minimum Gasteiger partial charge on any atom is -0.392 e. The first-order valence-electron chi connectivity index (χ1n) is 5.22. The number of nitrogens with one attached hydrogen (secondary N) is 1. The smallest absolute Gasteiger partial charge is 0.0636 e. The molecule has 2 rings (SSSR count). The molecule has 78 valence electrons. The summed E-state index contributed by atoms with van der Waals surface area (Å²) in [6.45, 7) is 2.52. The molecule has 0 bridgehead atoms. The van der Waals surface area contributed by atoms with E-state index in [1.165, 1.54) is 17.7 Å². The third-order valence-electron chi connectivity index (χ3n) is 2.58. The summed E-state index contributed by atoms with van der Waals surface area (Å²) < 4.78 is 0. The number of hydrogen-bond donors (Lipinski definition) is 2. The van der Waals surface area contributed by atoms with Gasteiger partial charge in [0.25, 0.3) is 0 Å². The van der Waals surface area contributed by atoms with Crippen molar-refractivity contribution in [1.29, 1.82) is 0 Å². The summed E-state index contributed by atoms with van der Waals surface area (Å²) in [6, 6.07) is 4.76. The van der Waals surface area contributed by atoms with Crippen LogP contribution in [0.4, 0.5) is 0 Å². The Morgan fingerprint density at radius 3 is 2.93 bits per heavy atom. The molecule has 1 aliphatic rings. The molecule has 14 heavy (non-hydrogen) atoms. The van der Waals surface area contributed by atoms with Crippen LogP contribution in [0.1, 0.15) is 30.7 Å². The van der Waals surface area contributed by atoms with E-state index in [1.807, 2.05) is 6.92 Å². The molecule has 0 aliphatic heterocycles. The molecule has 1 aliphatic carbocycles. The maximum atomic E-state index is 9.24. The zero-order valence-corrected chi connectivity index (χ0v) is 9.26. The Hall–Kier alpha value is -0.380. The summed E-state index contributed by atoms with van der Waals surface area (Å²) in [5.41, 5.74) is 0. The lowest BCUT2D eigenvalue weighted by Crippen LogP contribution is -2.29. The number of aliphatic hydroxyl groups excluding tert-OH is 1. The van der Waals surface area contributed by atoms with Crippen LogP contribution in [0.25, 0.3) is 0 Å². The Labute approximate surface area is 89.0 Å². The highest BCUT2D eigenvalue weighted by molar-refractivity contribution is 7.10. The summed E-state index contributed by atoms with van der Waals surface area (Å²) in [6.07, 6.45) is 2.40.